The summed E-state index contributed by atoms with van der Waals surface area (Å²) in [7, 11) is 0. The number of aromatic nitrogens is 2. The third-order valence-corrected chi connectivity index (χ3v) is 6.95. The summed E-state index contributed by atoms with van der Waals surface area (Å²) in [5, 5.41) is 6.83. The first-order valence-corrected chi connectivity index (χ1v) is 12.2. The number of para-hydroxylation sites is 1. The summed E-state index contributed by atoms with van der Waals surface area (Å²) < 4.78 is 11.2. The zero-order valence-corrected chi connectivity index (χ0v) is 19.0. The van der Waals surface area contributed by atoms with E-state index in [2.05, 4.69) is 5.32 Å². The lowest BCUT2D eigenvalue weighted by molar-refractivity contribution is -0.119. The highest BCUT2D eigenvalue weighted by molar-refractivity contribution is 8.00. The molecule has 8 heteroatoms. The maximum atomic E-state index is 12.7. The first-order chi connectivity index (χ1) is 15.7. The topological polar surface area (TPSA) is 73.3 Å². The molecule has 2 aromatic carbocycles. The standard InChI is InChI=1S/C24H21N3O3S2/c1-15(16-8-9-19-20(13-16)30-11-10-29-19)25-22(28)14-32-24-17-5-2-3-6-18(17)26-23(27-24)21-7-4-12-31-21/h2-9,12-13,15H,10-11,14H2,1H3,(H,25,28)/t15-/m1/s1. The molecule has 162 valence electrons. The van der Waals surface area contributed by atoms with Crippen molar-refractivity contribution >= 4 is 39.9 Å². The number of hydrogen-bond donors (Lipinski definition) is 1. The van der Waals surface area contributed by atoms with Crippen molar-refractivity contribution in [3.63, 3.8) is 0 Å². The summed E-state index contributed by atoms with van der Waals surface area (Å²) in [5.74, 6) is 2.35. The van der Waals surface area contributed by atoms with Gasteiger partial charge < -0.3 is 14.8 Å². The van der Waals surface area contributed by atoms with Crippen molar-refractivity contribution in [3.8, 4) is 22.2 Å². The predicted molar refractivity (Wildman–Crippen MR) is 128 cm³/mol. The molecule has 5 rings (SSSR count). The maximum absolute atomic E-state index is 12.7. The van der Waals surface area contributed by atoms with Crippen LogP contribution < -0.4 is 14.8 Å². The maximum Gasteiger partial charge on any atom is 0.230 e. The van der Waals surface area contributed by atoms with Gasteiger partial charge in [0.15, 0.2) is 17.3 Å². The van der Waals surface area contributed by atoms with Gasteiger partial charge in [-0.25, -0.2) is 9.97 Å². The molecule has 0 spiro atoms. The van der Waals surface area contributed by atoms with Crippen molar-refractivity contribution in [1.29, 1.82) is 0 Å². The van der Waals surface area contributed by atoms with Crippen molar-refractivity contribution in [2.24, 2.45) is 0 Å². The van der Waals surface area contributed by atoms with Crippen molar-refractivity contribution in [1.82, 2.24) is 15.3 Å². The Morgan fingerprint density at radius 3 is 2.78 bits per heavy atom. The minimum absolute atomic E-state index is 0.0576. The summed E-state index contributed by atoms with van der Waals surface area (Å²) >= 11 is 3.03. The molecule has 0 radical (unpaired) electrons. The molecule has 3 heterocycles. The fourth-order valence-corrected chi connectivity index (χ4v) is 4.99. The van der Waals surface area contributed by atoms with Crippen LogP contribution in [0.5, 0.6) is 11.5 Å². The Labute approximate surface area is 194 Å². The molecule has 6 nitrogen and oxygen atoms in total. The van der Waals surface area contributed by atoms with Crippen LogP contribution in [0.15, 0.2) is 65.0 Å². The number of carbonyl (C=O) groups excluding carboxylic acids is 1. The predicted octanol–water partition coefficient (Wildman–Crippen LogP) is 5.10. The quantitative estimate of drug-likeness (QED) is 0.317. The number of fused-ring (bicyclic) bond motifs is 2. The molecule has 1 aliphatic heterocycles. The number of nitrogens with one attached hydrogen (secondary N) is 1. The van der Waals surface area contributed by atoms with E-state index in [1.54, 1.807) is 11.3 Å². The molecule has 32 heavy (non-hydrogen) atoms. The molecule has 0 saturated carbocycles. The second kappa shape index (κ2) is 9.18. The van der Waals surface area contributed by atoms with Gasteiger partial charge in [-0.15, -0.1) is 11.3 Å². The Hall–Kier alpha value is -3.10. The van der Waals surface area contributed by atoms with Gasteiger partial charge in [-0.3, -0.25) is 4.79 Å². The largest absolute Gasteiger partial charge is 0.486 e. The van der Waals surface area contributed by atoms with Crippen LogP contribution in [-0.2, 0) is 4.79 Å². The van der Waals surface area contributed by atoms with Crippen LogP contribution in [0.1, 0.15) is 18.5 Å². The third kappa shape index (κ3) is 4.42. The van der Waals surface area contributed by atoms with Gasteiger partial charge in [-0.1, -0.05) is 42.1 Å². The zero-order valence-electron chi connectivity index (χ0n) is 17.4. The third-order valence-electron chi connectivity index (χ3n) is 5.09. The molecular formula is C24H21N3O3S2. The highest BCUT2D eigenvalue weighted by atomic mass is 32.2. The van der Waals surface area contributed by atoms with Crippen LogP contribution in [0.3, 0.4) is 0 Å². The molecule has 0 aliphatic carbocycles. The second-order valence-corrected chi connectivity index (χ2v) is 9.24. The number of nitrogens with zero attached hydrogens (tertiary/aromatic N) is 2. The molecule has 0 fully saturated rings. The molecule has 2 aromatic heterocycles. The van der Waals surface area contributed by atoms with Crippen molar-refractivity contribution < 1.29 is 14.3 Å². The second-order valence-electron chi connectivity index (χ2n) is 7.33. The first-order valence-electron chi connectivity index (χ1n) is 10.3. The number of thiophene rings is 1. The minimum Gasteiger partial charge on any atom is -0.486 e. The van der Waals surface area contributed by atoms with Gasteiger partial charge in [-0.2, -0.15) is 0 Å². The smallest absolute Gasteiger partial charge is 0.230 e. The first kappa shape index (κ1) is 20.8. The van der Waals surface area contributed by atoms with Crippen LogP contribution in [0, 0.1) is 0 Å². The van der Waals surface area contributed by atoms with Crippen molar-refractivity contribution in [3.05, 3.63) is 65.5 Å². The van der Waals surface area contributed by atoms with Crippen LogP contribution in [0.25, 0.3) is 21.6 Å². The molecule has 1 atom stereocenters. The highest BCUT2D eigenvalue weighted by Gasteiger charge is 2.17. The zero-order chi connectivity index (χ0) is 21.9. The SMILES string of the molecule is C[C@@H](NC(=O)CSc1nc(-c2cccs2)nc2ccccc12)c1ccc2c(c1)OCCO2. The van der Waals surface area contributed by atoms with E-state index in [1.807, 2.05) is 66.9 Å². The van der Waals surface area contributed by atoms with E-state index in [0.29, 0.717) is 19.0 Å². The fourth-order valence-electron chi connectivity index (χ4n) is 3.50. The van der Waals surface area contributed by atoms with Crippen LogP contribution >= 0.6 is 23.1 Å². The Kier molecular flexibility index (Phi) is 5.96. The Morgan fingerprint density at radius 2 is 1.94 bits per heavy atom. The lowest BCUT2D eigenvalue weighted by Gasteiger charge is -2.21. The van der Waals surface area contributed by atoms with E-state index in [0.717, 1.165) is 37.9 Å². The Balaban J connectivity index is 1.29. The van der Waals surface area contributed by atoms with Crippen molar-refractivity contribution in [2.45, 2.75) is 18.0 Å². The molecule has 0 unspecified atom stereocenters. The lowest BCUT2D eigenvalue weighted by Crippen LogP contribution is -2.28. The van der Waals surface area contributed by atoms with Gasteiger partial charge in [0.05, 0.1) is 22.2 Å². The number of ether oxygens (including phenoxy) is 2. The van der Waals surface area contributed by atoms with Crippen LogP contribution in [0.2, 0.25) is 0 Å². The summed E-state index contributed by atoms with van der Waals surface area (Å²) in [4.78, 5) is 23.2. The monoisotopic (exact) mass is 463 g/mol. The van der Waals surface area contributed by atoms with E-state index in [9.17, 15) is 4.79 Å². The number of rotatable bonds is 6. The number of carbonyl (C=O) groups is 1. The van der Waals surface area contributed by atoms with E-state index in [-0.39, 0.29) is 17.7 Å². The molecular weight excluding hydrogens is 442 g/mol. The van der Waals surface area contributed by atoms with Gasteiger partial charge in [0.1, 0.15) is 18.2 Å². The van der Waals surface area contributed by atoms with Gasteiger partial charge in [-0.05, 0) is 42.1 Å². The van der Waals surface area contributed by atoms with Crippen LogP contribution in [-0.4, -0.2) is 34.8 Å². The van der Waals surface area contributed by atoms with Crippen molar-refractivity contribution in [2.75, 3.05) is 19.0 Å². The number of amides is 1. The molecule has 0 bridgehead atoms. The average Bonchev–Trinajstić information content (AvgIpc) is 3.37. The minimum atomic E-state index is -0.150. The normalized spacial score (nSPS) is 13.7. The van der Waals surface area contributed by atoms with E-state index in [1.165, 1.54) is 11.8 Å². The number of hydrogen-bond acceptors (Lipinski definition) is 7. The summed E-state index contributed by atoms with van der Waals surface area (Å²) in [6, 6.07) is 17.5. The molecule has 1 N–H and O–H groups in total. The van der Waals surface area contributed by atoms with Gasteiger partial charge in [0, 0.05) is 5.39 Å². The molecule has 1 amide bonds. The molecule has 0 saturated heterocycles. The Bertz CT molecular complexity index is 1260. The average molecular weight is 464 g/mol. The van der Waals surface area contributed by atoms with E-state index in [4.69, 9.17) is 19.4 Å². The van der Waals surface area contributed by atoms with E-state index >= 15 is 0 Å². The summed E-state index contributed by atoms with van der Waals surface area (Å²) in [6.07, 6.45) is 0. The highest BCUT2D eigenvalue weighted by Crippen LogP contribution is 2.33. The van der Waals surface area contributed by atoms with Gasteiger partial charge in [0.25, 0.3) is 0 Å². The molecule has 4 aromatic rings. The Morgan fingerprint density at radius 1 is 1.09 bits per heavy atom. The number of benzene rings is 2. The van der Waals surface area contributed by atoms with E-state index < -0.39 is 0 Å². The number of thioether (sulfide) groups is 1. The fraction of sp³-hybridized carbons (Fsp3) is 0.208. The summed E-state index contributed by atoms with van der Waals surface area (Å²) in [5.41, 5.74) is 1.85. The lowest BCUT2D eigenvalue weighted by atomic mass is 10.1. The summed E-state index contributed by atoms with van der Waals surface area (Å²) in [6.45, 7) is 3.05. The van der Waals surface area contributed by atoms with Gasteiger partial charge >= 0.3 is 0 Å². The van der Waals surface area contributed by atoms with Crippen LogP contribution in [0.4, 0.5) is 0 Å². The van der Waals surface area contributed by atoms with Gasteiger partial charge in [0.2, 0.25) is 5.91 Å². The molecule has 1 aliphatic rings.